The highest BCUT2D eigenvalue weighted by Crippen LogP contribution is 2.27. The summed E-state index contributed by atoms with van der Waals surface area (Å²) in [4.78, 5) is 24.4. The van der Waals surface area contributed by atoms with E-state index < -0.39 is 12.1 Å². The number of hydrogen-bond donors (Lipinski definition) is 3. The molecule has 1 saturated heterocycles. The fraction of sp³-hybridized carbons (Fsp3) is 0.250. The van der Waals surface area contributed by atoms with Crippen LogP contribution in [0.2, 0.25) is 0 Å². The molecule has 0 saturated carbocycles. The van der Waals surface area contributed by atoms with E-state index in [-0.39, 0.29) is 18.1 Å². The second kappa shape index (κ2) is 9.16. The minimum Gasteiger partial charge on any atom is -0.491 e. The zero-order valence-electron chi connectivity index (χ0n) is 17.0. The van der Waals surface area contributed by atoms with Gasteiger partial charge in [-0.15, -0.1) is 0 Å². The fourth-order valence-corrected chi connectivity index (χ4v) is 3.69. The number of amides is 1. The van der Waals surface area contributed by atoms with Crippen molar-refractivity contribution in [3.8, 4) is 16.9 Å². The van der Waals surface area contributed by atoms with Gasteiger partial charge >= 0.3 is 5.97 Å². The van der Waals surface area contributed by atoms with E-state index in [4.69, 9.17) is 9.84 Å². The Morgan fingerprint density at radius 1 is 1.03 bits per heavy atom. The quantitative estimate of drug-likeness (QED) is 0.543. The van der Waals surface area contributed by atoms with E-state index in [9.17, 15) is 14.7 Å². The zero-order valence-corrected chi connectivity index (χ0v) is 17.0. The average molecular weight is 420 g/mol. The molecule has 1 aliphatic heterocycles. The molecule has 1 fully saturated rings. The number of nitrogens with zero attached hydrogens (tertiary/aromatic N) is 1. The number of benzene rings is 3. The predicted octanol–water partition coefficient (Wildman–Crippen LogP) is 2.38. The van der Waals surface area contributed by atoms with Crippen LogP contribution in [0.4, 0.5) is 0 Å². The van der Waals surface area contributed by atoms with Gasteiger partial charge in [0.15, 0.2) is 0 Å². The summed E-state index contributed by atoms with van der Waals surface area (Å²) in [5.41, 5.74) is 2.16. The van der Waals surface area contributed by atoms with Crippen molar-refractivity contribution < 1.29 is 24.5 Å². The number of rotatable bonds is 7. The van der Waals surface area contributed by atoms with Gasteiger partial charge in [-0.1, -0.05) is 30.3 Å². The summed E-state index contributed by atoms with van der Waals surface area (Å²) in [6.45, 7) is 2.13. The Kier molecular flexibility index (Phi) is 6.16. The summed E-state index contributed by atoms with van der Waals surface area (Å²) in [5, 5.41) is 24.1. The number of carboxylic acids is 1. The van der Waals surface area contributed by atoms with Crippen molar-refractivity contribution in [1.82, 2.24) is 10.2 Å². The van der Waals surface area contributed by atoms with Crippen molar-refractivity contribution in [2.45, 2.75) is 6.10 Å². The highest BCUT2D eigenvalue weighted by molar-refractivity contribution is 5.90. The minimum atomic E-state index is -0.947. The number of hydrogen-bond acceptors (Lipinski definition) is 5. The molecule has 3 aromatic carbocycles. The smallest absolute Gasteiger partial charge is 0.335 e. The van der Waals surface area contributed by atoms with Crippen LogP contribution in [0.5, 0.6) is 5.75 Å². The molecule has 31 heavy (non-hydrogen) atoms. The van der Waals surface area contributed by atoms with Crippen LogP contribution in [0.3, 0.4) is 0 Å². The average Bonchev–Trinajstić information content (AvgIpc) is 2.77. The van der Waals surface area contributed by atoms with E-state index in [1.54, 1.807) is 24.3 Å². The van der Waals surface area contributed by atoms with Crippen LogP contribution in [0.15, 0.2) is 60.7 Å². The van der Waals surface area contributed by atoms with Gasteiger partial charge in [-0.05, 0) is 52.2 Å². The van der Waals surface area contributed by atoms with E-state index in [1.165, 1.54) is 0 Å². The summed E-state index contributed by atoms with van der Waals surface area (Å²) in [6.07, 6.45) is -0.694. The van der Waals surface area contributed by atoms with Gasteiger partial charge in [0.05, 0.1) is 12.1 Å². The van der Waals surface area contributed by atoms with Gasteiger partial charge < -0.3 is 20.3 Å². The molecule has 4 rings (SSSR count). The van der Waals surface area contributed by atoms with Crippen LogP contribution in [-0.2, 0) is 4.79 Å². The topological polar surface area (TPSA) is 99.1 Å². The Morgan fingerprint density at radius 3 is 2.52 bits per heavy atom. The summed E-state index contributed by atoms with van der Waals surface area (Å²) >= 11 is 0. The van der Waals surface area contributed by atoms with Crippen molar-refractivity contribution in [3.05, 3.63) is 66.2 Å². The number of carboxylic acid groups (broad SMARTS) is 1. The molecule has 1 aliphatic rings. The number of β-amino-alcohol motifs (C(OH)–C–C–N with tert-alkyl or cyclic N) is 1. The molecule has 0 aliphatic carbocycles. The molecule has 0 bridgehead atoms. The number of nitrogens with one attached hydrogen (secondary N) is 1. The summed E-state index contributed by atoms with van der Waals surface area (Å²) < 4.78 is 5.79. The summed E-state index contributed by atoms with van der Waals surface area (Å²) in [5.74, 6) is -0.318. The van der Waals surface area contributed by atoms with Crippen LogP contribution >= 0.6 is 0 Å². The van der Waals surface area contributed by atoms with Crippen molar-refractivity contribution in [2.24, 2.45) is 0 Å². The number of ether oxygens (including phenoxy) is 1. The lowest BCUT2D eigenvalue weighted by atomic mass is 10.00. The first-order valence-electron chi connectivity index (χ1n) is 10.2. The number of piperazine rings is 1. The van der Waals surface area contributed by atoms with Gasteiger partial charge in [-0.3, -0.25) is 9.69 Å². The number of fused-ring (bicyclic) bond motifs is 1. The molecule has 3 N–H and O–H groups in total. The van der Waals surface area contributed by atoms with Gasteiger partial charge in [0.1, 0.15) is 18.5 Å². The Morgan fingerprint density at radius 2 is 1.77 bits per heavy atom. The lowest BCUT2D eigenvalue weighted by molar-refractivity contribution is -0.124. The molecule has 1 amide bonds. The second-order valence-corrected chi connectivity index (χ2v) is 7.66. The van der Waals surface area contributed by atoms with Crippen LogP contribution in [0.25, 0.3) is 21.9 Å². The molecule has 1 heterocycles. The Balaban J connectivity index is 1.43. The zero-order chi connectivity index (χ0) is 21.8. The van der Waals surface area contributed by atoms with E-state index in [0.717, 1.165) is 28.4 Å². The van der Waals surface area contributed by atoms with Crippen molar-refractivity contribution in [1.29, 1.82) is 0 Å². The molecule has 3 aromatic rings. The molecule has 160 valence electrons. The van der Waals surface area contributed by atoms with Crippen LogP contribution in [0, 0.1) is 0 Å². The molecule has 1 unspecified atom stereocenters. The maximum atomic E-state index is 11.4. The predicted molar refractivity (Wildman–Crippen MR) is 117 cm³/mol. The summed E-state index contributed by atoms with van der Waals surface area (Å²) in [7, 11) is 0. The highest BCUT2D eigenvalue weighted by Gasteiger charge is 2.19. The molecule has 7 nitrogen and oxygen atoms in total. The van der Waals surface area contributed by atoms with Gasteiger partial charge in [-0.25, -0.2) is 4.79 Å². The van der Waals surface area contributed by atoms with Gasteiger partial charge in [0, 0.05) is 19.6 Å². The molecular weight excluding hydrogens is 396 g/mol. The second-order valence-electron chi connectivity index (χ2n) is 7.66. The maximum absolute atomic E-state index is 11.4. The largest absolute Gasteiger partial charge is 0.491 e. The SMILES string of the molecule is O=C1CN(CC(O)COc2ccc3ccc(-c4ccc(C(=O)O)cc4)cc3c2)CCN1. The Labute approximate surface area is 179 Å². The van der Waals surface area contributed by atoms with E-state index in [0.29, 0.717) is 25.4 Å². The number of carbonyl (C=O) groups is 2. The minimum absolute atomic E-state index is 0.0256. The molecule has 0 radical (unpaired) electrons. The summed E-state index contributed by atoms with van der Waals surface area (Å²) in [6, 6.07) is 18.6. The third-order valence-corrected chi connectivity index (χ3v) is 5.31. The third-order valence-electron chi connectivity index (χ3n) is 5.31. The van der Waals surface area contributed by atoms with Crippen LogP contribution in [-0.4, -0.2) is 65.9 Å². The van der Waals surface area contributed by atoms with Crippen molar-refractivity contribution in [3.63, 3.8) is 0 Å². The highest BCUT2D eigenvalue weighted by atomic mass is 16.5. The number of carbonyl (C=O) groups excluding carboxylic acids is 1. The van der Waals surface area contributed by atoms with Crippen molar-refractivity contribution >= 4 is 22.6 Å². The monoisotopic (exact) mass is 420 g/mol. The Hall–Kier alpha value is -3.42. The maximum Gasteiger partial charge on any atom is 0.335 e. The molecular formula is C24H24N2O5. The molecule has 0 aromatic heterocycles. The normalized spacial score (nSPS) is 15.5. The van der Waals surface area contributed by atoms with Crippen molar-refractivity contribution in [2.75, 3.05) is 32.8 Å². The van der Waals surface area contributed by atoms with Crippen LogP contribution < -0.4 is 10.1 Å². The number of aliphatic hydroxyl groups excluding tert-OH is 1. The van der Waals surface area contributed by atoms with E-state index in [2.05, 4.69) is 5.32 Å². The lowest BCUT2D eigenvalue weighted by Gasteiger charge is -2.28. The lowest BCUT2D eigenvalue weighted by Crippen LogP contribution is -2.50. The molecule has 1 atom stereocenters. The molecule has 7 heteroatoms. The first kappa shape index (κ1) is 20.8. The van der Waals surface area contributed by atoms with Gasteiger partial charge in [0.25, 0.3) is 0 Å². The fourth-order valence-electron chi connectivity index (χ4n) is 3.69. The first-order chi connectivity index (χ1) is 15.0. The van der Waals surface area contributed by atoms with E-state index in [1.807, 2.05) is 41.3 Å². The number of aliphatic hydroxyl groups is 1. The standard InChI is InChI=1S/C24H24N2O5/c27-21(13-26-10-9-25-23(28)14-26)15-31-22-8-7-17-3-6-19(11-20(17)12-22)16-1-4-18(5-2-16)24(29)30/h1-8,11-12,21,27H,9-10,13-15H2,(H,25,28)(H,29,30). The van der Waals surface area contributed by atoms with E-state index >= 15 is 0 Å². The first-order valence-corrected chi connectivity index (χ1v) is 10.2. The third kappa shape index (κ3) is 5.20. The Bertz CT molecular complexity index is 1100. The molecule has 0 spiro atoms. The number of aromatic carboxylic acids is 1. The van der Waals surface area contributed by atoms with Gasteiger partial charge in [0.2, 0.25) is 5.91 Å². The van der Waals surface area contributed by atoms with Gasteiger partial charge in [-0.2, -0.15) is 0 Å². The van der Waals surface area contributed by atoms with Crippen LogP contribution in [0.1, 0.15) is 10.4 Å².